The molecule has 3 aliphatic heterocycles. The third kappa shape index (κ3) is 4.36. The zero-order chi connectivity index (χ0) is 23.4. The minimum atomic E-state index is 0.431. The molecule has 7 rings (SSSR count). The van der Waals surface area contributed by atoms with Gasteiger partial charge in [0.05, 0.1) is 12.3 Å². The second-order valence-electron chi connectivity index (χ2n) is 13.1. The number of rotatable bonds is 0. The Kier molecular flexibility index (Phi) is 6.37. The second kappa shape index (κ2) is 9.66. The molecule has 2 saturated heterocycles. The average molecular weight is 481 g/mol. The highest BCUT2D eigenvalue weighted by Gasteiger charge is 2.45. The Bertz CT molecular complexity index is 839. The Hall–Kier alpha value is -1.08. The Labute approximate surface area is 212 Å². The van der Waals surface area contributed by atoms with Crippen molar-refractivity contribution in [3.8, 4) is 0 Å². The first-order valence-electron chi connectivity index (χ1n) is 15.2. The largest absolute Gasteiger partial charge is 0.388 e. The molecular weight excluding hydrogens is 432 g/mol. The highest BCUT2D eigenvalue weighted by molar-refractivity contribution is 5.23. The van der Waals surface area contributed by atoms with Crippen LogP contribution in [0.25, 0.3) is 0 Å². The van der Waals surface area contributed by atoms with Gasteiger partial charge in [0.15, 0.2) is 0 Å². The minimum Gasteiger partial charge on any atom is -0.388 e. The number of nitrogens with one attached hydrogen (secondary N) is 6. The van der Waals surface area contributed by atoms with Crippen LogP contribution >= 0.6 is 0 Å². The van der Waals surface area contributed by atoms with E-state index in [9.17, 15) is 0 Å². The van der Waals surface area contributed by atoms with E-state index < -0.39 is 0 Å². The summed E-state index contributed by atoms with van der Waals surface area (Å²) < 4.78 is 0. The molecule has 6 heteroatoms. The number of hydrogen-bond donors (Lipinski definition) is 6. The van der Waals surface area contributed by atoms with Gasteiger partial charge in [0.1, 0.15) is 0 Å². The molecule has 6 N–H and O–H groups in total. The quantitative estimate of drug-likeness (QED) is 0.320. The summed E-state index contributed by atoms with van der Waals surface area (Å²) in [4.78, 5) is 0. The Morgan fingerprint density at radius 2 is 1.14 bits per heavy atom. The average Bonchev–Trinajstić information content (AvgIpc) is 3.51. The molecule has 0 spiro atoms. The molecule has 0 aromatic heterocycles. The van der Waals surface area contributed by atoms with Crippen molar-refractivity contribution >= 4 is 0 Å². The lowest BCUT2D eigenvalue weighted by Gasteiger charge is -2.39. The maximum Gasteiger partial charge on any atom is 0.0628 e. The van der Waals surface area contributed by atoms with Crippen molar-refractivity contribution < 1.29 is 0 Å². The highest BCUT2D eigenvalue weighted by Crippen LogP contribution is 2.37. The van der Waals surface area contributed by atoms with Gasteiger partial charge in [-0.3, -0.25) is 21.3 Å². The Morgan fingerprint density at radius 3 is 1.83 bits per heavy atom. The van der Waals surface area contributed by atoms with E-state index in [1.165, 1.54) is 83.5 Å². The monoisotopic (exact) mass is 480 g/mol. The predicted molar refractivity (Wildman–Crippen MR) is 141 cm³/mol. The Balaban J connectivity index is 1.22. The van der Waals surface area contributed by atoms with Gasteiger partial charge in [-0.1, -0.05) is 26.2 Å². The number of fused-ring (bicyclic) bond motifs is 6. The molecule has 0 aromatic rings. The second-order valence-corrected chi connectivity index (χ2v) is 13.1. The molecular formula is C29H48N6. The van der Waals surface area contributed by atoms with Crippen molar-refractivity contribution in [2.45, 2.75) is 139 Å². The van der Waals surface area contributed by atoms with Crippen LogP contribution in [0, 0.1) is 17.8 Å². The smallest absolute Gasteiger partial charge is 0.0628 e. The van der Waals surface area contributed by atoms with Crippen LogP contribution in [0.3, 0.4) is 0 Å². The SMILES string of the molecule is CC1CCC2C(C1)NC=C1CCCC3NC(NC13)C1CCCCC1NC=C1CCCC3NC2NC13. The van der Waals surface area contributed by atoms with Crippen molar-refractivity contribution in [1.82, 2.24) is 31.9 Å². The van der Waals surface area contributed by atoms with E-state index in [4.69, 9.17) is 0 Å². The summed E-state index contributed by atoms with van der Waals surface area (Å²) in [6.07, 6.45) is 22.9. The molecule has 4 bridgehead atoms. The molecule has 4 aliphatic carbocycles. The van der Waals surface area contributed by atoms with Crippen molar-refractivity contribution in [1.29, 1.82) is 0 Å². The van der Waals surface area contributed by atoms with E-state index in [1.807, 2.05) is 0 Å². The van der Waals surface area contributed by atoms with E-state index in [2.05, 4.69) is 51.2 Å². The first kappa shape index (κ1) is 23.1. The summed E-state index contributed by atoms with van der Waals surface area (Å²) in [6.45, 7) is 2.45. The molecule has 0 amide bonds. The van der Waals surface area contributed by atoms with E-state index in [0.717, 1.165) is 5.92 Å². The fourth-order valence-corrected chi connectivity index (χ4v) is 8.97. The van der Waals surface area contributed by atoms with Crippen LogP contribution in [0.5, 0.6) is 0 Å². The molecule has 35 heavy (non-hydrogen) atoms. The maximum absolute atomic E-state index is 4.13. The third-order valence-electron chi connectivity index (χ3n) is 10.9. The maximum atomic E-state index is 4.13. The molecule has 194 valence electrons. The van der Waals surface area contributed by atoms with Gasteiger partial charge in [-0.2, -0.15) is 0 Å². The van der Waals surface area contributed by atoms with Gasteiger partial charge in [-0.05, 0) is 93.7 Å². The van der Waals surface area contributed by atoms with Gasteiger partial charge >= 0.3 is 0 Å². The summed E-state index contributed by atoms with van der Waals surface area (Å²) >= 11 is 0. The van der Waals surface area contributed by atoms with E-state index >= 15 is 0 Å². The summed E-state index contributed by atoms with van der Waals surface area (Å²) in [5.41, 5.74) is 3.23. The fraction of sp³-hybridized carbons (Fsp3) is 0.862. The molecule has 4 saturated carbocycles. The minimum absolute atomic E-state index is 0.431. The molecule has 6 nitrogen and oxygen atoms in total. The van der Waals surface area contributed by atoms with Crippen LogP contribution in [0.2, 0.25) is 0 Å². The van der Waals surface area contributed by atoms with Crippen molar-refractivity contribution in [3.63, 3.8) is 0 Å². The molecule has 7 aliphatic rings. The summed E-state index contributed by atoms with van der Waals surface area (Å²) in [5, 5.41) is 24.5. The lowest BCUT2D eigenvalue weighted by atomic mass is 9.77. The molecule has 0 radical (unpaired) electrons. The van der Waals surface area contributed by atoms with Crippen molar-refractivity contribution in [3.05, 3.63) is 23.5 Å². The summed E-state index contributed by atoms with van der Waals surface area (Å²) in [5.74, 6) is 2.13. The van der Waals surface area contributed by atoms with Crippen LogP contribution in [-0.2, 0) is 0 Å². The lowest BCUT2D eigenvalue weighted by Crippen LogP contribution is -2.52. The zero-order valence-electron chi connectivity index (χ0n) is 21.7. The molecule has 3 heterocycles. The zero-order valence-corrected chi connectivity index (χ0v) is 21.7. The molecule has 6 fully saturated rings. The first-order chi connectivity index (χ1) is 17.2. The molecule has 11 atom stereocenters. The normalized spacial score (nSPS) is 49.6. The van der Waals surface area contributed by atoms with Crippen LogP contribution < -0.4 is 31.9 Å². The van der Waals surface area contributed by atoms with Gasteiger partial charge in [-0.25, -0.2) is 0 Å². The predicted octanol–water partition coefficient (Wildman–Crippen LogP) is 3.19. The van der Waals surface area contributed by atoms with E-state index in [1.54, 1.807) is 11.1 Å². The lowest BCUT2D eigenvalue weighted by molar-refractivity contribution is 0.177. The van der Waals surface area contributed by atoms with Crippen LogP contribution in [0.4, 0.5) is 0 Å². The summed E-state index contributed by atoms with van der Waals surface area (Å²) in [6, 6.07) is 3.33. The topological polar surface area (TPSA) is 72.2 Å². The van der Waals surface area contributed by atoms with E-state index in [-0.39, 0.29) is 0 Å². The van der Waals surface area contributed by atoms with Crippen molar-refractivity contribution in [2.24, 2.45) is 17.8 Å². The van der Waals surface area contributed by atoms with E-state index in [0.29, 0.717) is 60.4 Å². The third-order valence-corrected chi connectivity index (χ3v) is 10.9. The standard InChI is InChI=1S/C29H48N6/c1-17-12-13-21-25(14-17)31-16-19-7-5-10-23-27(19)34-28(32-23)20-8-2-3-9-22(20)30-15-18-6-4-11-24-26(18)35-29(21)33-24/h15-17,20-35H,2-14H2,1H3. The highest BCUT2D eigenvalue weighted by atomic mass is 15.3. The van der Waals surface area contributed by atoms with Crippen LogP contribution in [-0.4, -0.2) is 48.6 Å². The summed E-state index contributed by atoms with van der Waals surface area (Å²) in [7, 11) is 0. The number of hydrogen-bond acceptors (Lipinski definition) is 6. The molecule has 0 aromatic carbocycles. The van der Waals surface area contributed by atoms with Gasteiger partial charge in [-0.15, -0.1) is 0 Å². The van der Waals surface area contributed by atoms with Gasteiger partial charge in [0.2, 0.25) is 0 Å². The van der Waals surface area contributed by atoms with Crippen molar-refractivity contribution in [2.75, 3.05) is 0 Å². The van der Waals surface area contributed by atoms with Gasteiger partial charge in [0, 0.05) is 48.1 Å². The van der Waals surface area contributed by atoms with Crippen LogP contribution in [0.1, 0.15) is 90.4 Å². The van der Waals surface area contributed by atoms with Gasteiger partial charge in [0.25, 0.3) is 0 Å². The van der Waals surface area contributed by atoms with Crippen LogP contribution in [0.15, 0.2) is 23.5 Å². The molecule has 11 unspecified atom stereocenters. The fourth-order valence-electron chi connectivity index (χ4n) is 8.97. The van der Waals surface area contributed by atoms with Gasteiger partial charge < -0.3 is 10.6 Å². The Morgan fingerprint density at radius 1 is 0.571 bits per heavy atom. The first-order valence-corrected chi connectivity index (χ1v) is 15.2.